The third-order valence-electron chi connectivity index (χ3n) is 7.01. The van der Waals surface area contributed by atoms with Crippen LogP contribution in [0.4, 0.5) is 17.2 Å². The van der Waals surface area contributed by atoms with E-state index in [0.717, 1.165) is 85.5 Å². The van der Waals surface area contributed by atoms with Crippen molar-refractivity contribution in [3.63, 3.8) is 0 Å². The van der Waals surface area contributed by atoms with Crippen molar-refractivity contribution in [3.05, 3.63) is 58.0 Å². The number of anilines is 3. The minimum Gasteiger partial charge on any atom is -0.368 e. The van der Waals surface area contributed by atoms with Crippen LogP contribution in [0.15, 0.2) is 41.3 Å². The minimum atomic E-state index is -0.165. The molecule has 3 aromatic rings. The standard InChI is InChI=1S/C26H31N5O2/c1-17-22-9-7-19(29-24-10-8-21(16-28-24)30-13-11-27-12-14-30)15-23(22)31(20-5-3-4-6-20)26(33)25(17)18(2)32/h7-10,15-16,20,27H,3-6,11-14H2,1-2H3,(H,28,29). The molecule has 33 heavy (non-hydrogen) atoms. The summed E-state index contributed by atoms with van der Waals surface area (Å²) in [6.45, 7) is 7.32. The maximum Gasteiger partial charge on any atom is 0.262 e. The van der Waals surface area contributed by atoms with Crippen LogP contribution in [0.3, 0.4) is 0 Å². The Hall–Kier alpha value is -3.19. The zero-order valence-electron chi connectivity index (χ0n) is 19.4. The summed E-state index contributed by atoms with van der Waals surface area (Å²) in [6.07, 6.45) is 6.09. The lowest BCUT2D eigenvalue weighted by Gasteiger charge is -2.29. The first kappa shape index (κ1) is 21.6. The Morgan fingerprint density at radius 3 is 2.55 bits per heavy atom. The second kappa shape index (κ2) is 8.98. The van der Waals surface area contributed by atoms with Crippen LogP contribution in [0.5, 0.6) is 0 Å². The van der Waals surface area contributed by atoms with Gasteiger partial charge in [-0.15, -0.1) is 0 Å². The third kappa shape index (κ3) is 4.13. The Kier molecular flexibility index (Phi) is 5.89. The van der Waals surface area contributed by atoms with Gasteiger partial charge in [-0.05, 0) is 56.5 Å². The fourth-order valence-electron chi connectivity index (χ4n) is 5.31. The van der Waals surface area contributed by atoms with E-state index in [9.17, 15) is 9.59 Å². The monoisotopic (exact) mass is 445 g/mol. The van der Waals surface area contributed by atoms with Gasteiger partial charge in [0.25, 0.3) is 5.56 Å². The molecule has 0 amide bonds. The number of pyridine rings is 2. The number of hydrogen-bond acceptors (Lipinski definition) is 6. The number of nitrogens with zero attached hydrogens (tertiary/aromatic N) is 3. The molecule has 0 spiro atoms. The van der Waals surface area contributed by atoms with Crippen LogP contribution < -0.4 is 21.1 Å². The molecule has 2 fully saturated rings. The fourth-order valence-corrected chi connectivity index (χ4v) is 5.31. The zero-order chi connectivity index (χ0) is 22.9. The van der Waals surface area contributed by atoms with Gasteiger partial charge in [-0.1, -0.05) is 18.9 Å². The lowest BCUT2D eigenvalue weighted by atomic mass is 10.00. The summed E-state index contributed by atoms with van der Waals surface area (Å²) in [5, 5.41) is 7.72. The summed E-state index contributed by atoms with van der Waals surface area (Å²) in [5.41, 5.74) is 3.82. The molecule has 1 aromatic carbocycles. The molecule has 1 saturated carbocycles. The van der Waals surface area contributed by atoms with E-state index in [0.29, 0.717) is 5.56 Å². The van der Waals surface area contributed by atoms with Gasteiger partial charge in [0, 0.05) is 43.3 Å². The SMILES string of the molecule is CC(=O)c1c(C)c2ccc(Nc3ccc(N4CCNCC4)cn3)cc2n(C2CCCC2)c1=O. The first-order valence-electron chi connectivity index (χ1n) is 11.9. The maximum absolute atomic E-state index is 13.4. The number of piperazine rings is 1. The second-order valence-electron chi connectivity index (χ2n) is 9.17. The largest absolute Gasteiger partial charge is 0.368 e. The lowest BCUT2D eigenvalue weighted by Crippen LogP contribution is -2.43. The summed E-state index contributed by atoms with van der Waals surface area (Å²) in [5.74, 6) is 0.599. The Labute approximate surface area is 193 Å². The molecule has 2 aliphatic rings. The molecule has 7 heteroatoms. The predicted octanol–water partition coefficient (Wildman–Crippen LogP) is 4.18. The van der Waals surface area contributed by atoms with Crippen molar-refractivity contribution in [2.45, 2.75) is 45.6 Å². The van der Waals surface area contributed by atoms with E-state index >= 15 is 0 Å². The van der Waals surface area contributed by atoms with Gasteiger partial charge < -0.3 is 20.1 Å². The Bertz CT molecular complexity index is 1240. The molecule has 7 nitrogen and oxygen atoms in total. The van der Waals surface area contributed by atoms with Crippen LogP contribution in [0.2, 0.25) is 0 Å². The van der Waals surface area contributed by atoms with Crippen molar-refractivity contribution in [2.75, 3.05) is 36.4 Å². The van der Waals surface area contributed by atoms with Crippen LogP contribution in [-0.2, 0) is 0 Å². The van der Waals surface area contributed by atoms with Gasteiger partial charge in [-0.25, -0.2) is 4.98 Å². The summed E-state index contributed by atoms with van der Waals surface area (Å²) in [6, 6.07) is 10.3. The number of carbonyl (C=O) groups is 1. The lowest BCUT2D eigenvalue weighted by molar-refractivity contribution is 0.101. The number of hydrogen-bond donors (Lipinski definition) is 2. The first-order valence-corrected chi connectivity index (χ1v) is 11.9. The van der Waals surface area contributed by atoms with Crippen LogP contribution in [0, 0.1) is 6.92 Å². The Morgan fingerprint density at radius 1 is 1.12 bits per heavy atom. The molecule has 0 unspecified atom stereocenters. The topological polar surface area (TPSA) is 79.3 Å². The van der Waals surface area contributed by atoms with Crippen molar-refractivity contribution in [1.82, 2.24) is 14.9 Å². The van der Waals surface area contributed by atoms with E-state index in [4.69, 9.17) is 0 Å². The number of benzene rings is 1. The van der Waals surface area contributed by atoms with Gasteiger partial charge in [0.05, 0.1) is 23.0 Å². The predicted molar refractivity (Wildman–Crippen MR) is 133 cm³/mol. The van der Waals surface area contributed by atoms with Gasteiger partial charge in [0.1, 0.15) is 5.82 Å². The van der Waals surface area contributed by atoms with E-state index < -0.39 is 0 Å². The first-order chi connectivity index (χ1) is 16.0. The minimum absolute atomic E-state index is 0.144. The molecule has 1 saturated heterocycles. The quantitative estimate of drug-likeness (QED) is 0.574. The smallest absolute Gasteiger partial charge is 0.262 e. The number of nitrogens with one attached hydrogen (secondary N) is 2. The summed E-state index contributed by atoms with van der Waals surface area (Å²) in [4.78, 5) is 32.6. The number of aryl methyl sites for hydroxylation is 1. The van der Waals surface area contributed by atoms with Crippen molar-refractivity contribution in [1.29, 1.82) is 0 Å². The molecule has 2 N–H and O–H groups in total. The molecular weight excluding hydrogens is 414 g/mol. The van der Waals surface area contributed by atoms with Crippen LogP contribution >= 0.6 is 0 Å². The average molecular weight is 446 g/mol. The van der Waals surface area contributed by atoms with Gasteiger partial charge in [0.15, 0.2) is 5.78 Å². The molecule has 0 atom stereocenters. The highest BCUT2D eigenvalue weighted by molar-refractivity contribution is 6.00. The molecule has 1 aliphatic carbocycles. The molecule has 5 rings (SSSR count). The van der Waals surface area contributed by atoms with Crippen LogP contribution in [-0.4, -0.2) is 41.5 Å². The van der Waals surface area contributed by atoms with Crippen molar-refractivity contribution in [3.8, 4) is 0 Å². The number of rotatable bonds is 5. The molecule has 1 aliphatic heterocycles. The molecule has 3 heterocycles. The summed E-state index contributed by atoms with van der Waals surface area (Å²) < 4.78 is 1.87. The molecule has 0 bridgehead atoms. The summed E-state index contributed by atoms with van der Waals surface area (Å²) in [7, 11) is 0. The van der Waals surface area contributed by atoms with Gasteiger partial charge >= 0.3 is 0 Å². The van der Waals surface area contributed by atoms with Gasteiger partial charge in [0.2, 0.25) is 0 Å². The fraction of sp³-hybridized carbons (Fsp3) is 0.423. The Morgan fingerprint density at radius 2 is 1.88 bits per heavy atom. The third-order valence-corrected chi connectivity index (χ3v) is 7.01. The highest BCUT2D eigenvalue weighted by Crippen LogP contribution is 2.33. The van der Waals surface area contributed by atoms with Crippen LogP contribution in [0.1, 0.15) is 54.6 Å². The average Bonchev–Trinajstić information content (AvgIpc) is 3.34. The number of carbonyl (C=O) groups excluding carboxylic acids is 1. The van der Waals surface area contributed by atoms with E-state index in [2.05, 4.69) is 26.6 Å². The van der Waals surface area contributed by atoms with E-state index in [1.807, 2.05) is 42.0 Å². The highest BCUT2D eigenvalue weighted by Gasteiger charge is 2.24. The highest BCUT2D eigenvalue weighted by atomic mass is 16.1. The molecular formula is C26H31N5O2. The normalized spacial score (nSPS) is 17.0. The molecule has 2 aromatic heterocycles. The molecule has 0 radical (unpaired) electrons. The van der Waals surface area contributed by atoms with Crippen molar-refractivity contribution < 1.29 is 4.79 Å². The van der Waals surface area contributed by atoms with E-state index in [1.54, 1.807) is 0 Å². The number of fused-ring (bicyclic) bond motifs is 1. The number of ketones is 1. The van der Waals surface area contributed by atoms with Gasteiger partial charge in [-0.2, -0.15) is 0 Å². The van der Waals surface area contributed by atoms with Crippen LogP contribution in [0.25, 0.3) is 10.9 Å². The summed E-state index contributed by atoms with van der Waals surface area (Å²) >= 11 is 0. The van der Waals surface area contributed by atoms with Crippen molar-refractivity contribution in [2.24, 2.45) is 0 Å². The zero-order valence-corrected chi connectivity index (χ0v) is 19.4. The van der Waals surface area contributed by atoms with E-state index in [1.165, 1.54) is 6.92 Å². The number of aromatic nitrogens is 2. The van der Waals surface area contributed by atoms with Crippen molar-refractivity contribution >= 4 is 33.9 Å². The second-order valence-corrected chi connectivity index (χ2v) is 9.17. The van der Waals surface area contributed by atoms with E-state index in [-0.39, 0.29) is 17.4 Å². The number of Topliss-reactive ketones (excluding diaryl/α,β-unsaturated/α-hetero) is 1. The maximum atomic E-state index is 13.4. The van der Waals surface area contributed by atoms with Gasteiger partial charge in [-0.3, -0.25) is 9.59 Å². The molecule has 172 valence electrons. The Balaban J connectivity index is 1.51.